The molecule has 24 heavy (non-hydrogen) atoms. The zero-order chi connectivity index (χ0) is 17.7. The van der Waals surface area contributed by atoms with Crippen LogP contribution in [-0.2, 0) is 14.2 Å². The molecule has 7 heteroatoms. The predicted molar refractivity (Wildman–Crippen MR) is 97.3 cm³/mol. The topological polar surface area (TPSA) is 67.0 Å². The number of rotatable bonds is 14. The zero-order valence-electron chi connectivity index (χ0n) is 16.0. The first kappa shape index (κ1) is 21.8. The van der Waals surface area contributed by atoms with Gasteiger partial charge in [-0.2, -0.15) is 0 Å². The molecule has 3 N–H and O–H groups in total. The maximum atomic E-state index is 5.51. The lowest BCUT2D eigenvalue weighted by atomic mass is 9.96. The van der Waals surface area contributed by atoms with Crippen LogP contribution in [0, 0.1) is 0 Å². The lowest BCUT2D eigenvalue weighted by Crippen LogP contribution is -2.77. The van der Waals surface area contributed by atoms with Gasteiger partial charge in [-0.3, -0.25) is 15.5 Å². The van der Waals surface area contributed by atoms with E-state index in [1.165, 1.54) is 6.42 Å². The van der Waals surface area contributed by atoms with Crippen molar-refractivity contribution in [2.75, 3.05) is 73.9 Å². The number of methoxy groups -OCH3 is 2. The molecule has 0 amide bonds. The average Bonchev–Trinajstić information content (AvgIpc) is 2.59. The zero-order valence-corrected chi connectivity index (χ0v) is 16.0. The second kappa shape index (κ2) is 13.0. The molecule has 1 fully saturated rings. The third-order valence-corrected chi connectivity index (χ3v) is 4.55. The van der Waals surface area contributed by atoms with Crippen molar-refractivity contribution >= 4 is 0 Å². The summed E-state index contributed by atoms with van der Waals surface area (Å²) in [4.78, 5) is 2.39. The first-order valence-corrected chi connectivity index (χ1v) is 9.21. The van der Waals surface area contributed by atoms with Gasteiger partial charge in [-0.05, 0) is 33.2 Å². The lowest BCUT2D eigenvalue weighted by molar-refractivity contribution is -0.0288. The Kier molecular flexibility index (Phi) is 11.8. The molecule has 0 aromatic rings. The van der Waals surface area contributed by atoms with E-state index in [-0.39, 0.29) is 5.79 Å². The highest BCUT2D eigenvalue weighted by molar-refractivity contribution is 4.98. The molecule has 0 spiro atoms. The van der Waals surface area contributed by atoms with Crippen molar-refractivity contribution in [3.8, 4) is 0 Å². The van der Waals surface area contributed by atoms with Gasteiger partial charge in [0.2, 0.25) is 0 Å². The quantitative estimate of drug-likeness (QED) is 0.307. The summed E-state index contributed by atoms with van der Waals surface area (Å²) in [6.07, 6.45) is 3.31. The summed E-state index contributed by atoms with van der Waals surface area (Å²) in [5, 5.41) is 11.1. The summed E-state index contributed by atoms with van der Waals surface area (Å²) in [5.74, 6) is -0.267. The van der Waals surface area contributed by atoms with Crippen molar-refractivity contribution in [3.05, 3.63) is 0 Å². The highest BCUT2D eigenvalue weighted by Crippen LogP contribution is 2.23. The standard InChI is InChI=1S/C17H38N4O3/c1-5-24-15-11-20-17(19-9-7-13-22-3)16(18-10-14-23-4)8-6-12-21(17)2/h16,18-20H,5-15H2,1-4H3. The number of nitrogens with one attached hydrogen (secondary N) is 3. The minimum atomic E-state index is -0.267. The third kappa shape index (κ3) is 6.92. The van der Waals surface area contributed by atoms with Crippen LogP contribution in [0.3, 0.4) is 0 Å². The van der Waals surface area contributed by atoms with E-state index in [0.717, 1.165) is 65.4 Å². The molecule has 0 bridgehead atoms. The van der Waals surface area contributed by atoms with Crippen LogP contribution in [0.25, 0.3) is 0 Å². The van der Waals surface area contributed by atoms with E-state index in [1.807, 2.05) is 6.92 Å². The van der Waals surface area contributed by atoms with Crippen LogP contribution in [0.1, 0.15) is 26.2 Å². The Morgan fingerprint density at radius 3 is 2.50 bits per heavy atom. The summed E-state index contributed by atoms with van der Waals surface area (Å²) in [7, 11) is 5.67. The normalized spacial score (nSPS) is 25.2. The molecular weight excluding hydrogens is 308 g/mol. The molecular formula is C17H38N4O3. The van der Waals surface area contributed by atoms with Crippen molar-refractivity contribution in [2.24, 2.45) is 0 Å². The van der Waals surface area contributed by atoms with Crippen molar-refractivity contribution in [3.63, 3.8) is 0 Å². The van der Waals surface area contributed by atoms with Gasteiger partial charge in [0.25, 0.3) is 0 Å². The van der Waals surface area contributed by atoms with E-state index >= 15 is 0 Å². The SMILES string of the molecule is CCOCCNC1(NCCCOC)C(NCCOC)CCCN1C. The average molecular weight is 347 g/mol. The third-order valence-electron chi connectivity index (χ3n) is 4.55. The van der Waals surface area contributed by atoms with Crippen molar-refractivity contribution in [1.29, 1.82) is 0 Å². The van der Waals surface area contributed by atoms with E-state index in [0.29, 0.717) is 6.04 Å². The van der Waals surface area contributed by atoms with Crippen molar-refractivity contribution in [1.82, 2.24) is 20.9 Å². The number of ether oxygens (including phenoxy) is 3. The fourth-order valence-corrected chi connectivity index (χ4v) is 3.30. The molecule has 1 heterocycles. The highest BCUT2D eigenvalue weighted by Gasteiger charge is 2.43. The van der Waals surface area contributed by atoms with Crippen LogP contribution in [0.4, 0.5) is 0 Å². The number of hydrogen-bond acceptors (Lipinski definition) is 7. The maximum Gasteiger partial charge on any atom is 0.141 e. The fourth-order valence-electron chi connectivity index (χ4n) is 3.30. The van der Waals surface area contributed by atoms with Gasteiger partial charge in [-0.15, -0.1) is 0 Å². The van der Waals surface area contributed by atoms with Gasteiger partial charge in [0, 0.05) is 53.6 Å². The monoisotopic (exact) mass is 346 g/mol. The Morgan fingerprint density at radius 1 is 1.04 bits per heavy atom. The molecule has 1 saturated heterocycles. The first-order valence-electron chi connectivity index (χ1n) is 9.21. The molecule has 1 aliphatic rings. The summed E-state index contributed by atoms with van der Waals surface area (Å²) in [5.41, 5.74) is 0. The molecule has 0 saturated carbocycles. The molecule has 0 radical (unpaired) electrons. The summed E-state index contributed by atoms with van der Waals surface area (Å²) in [6.45, 7) is 8.64. The second-order valence-corrected chi connectivity index (χ2v) is 6.23. The Labute approximate surface area is 147 Å². The van der Waals surface area contributed by atoms with E-state index in [1.54, 1.807) is 14.2 Å². The van der Waals surface area contributed by atoms with Gasteiger partial charge < -0.3 is 19.5 Å². The molecule has 1 rings (SSSR count). The molecule has 144 valence electrons. The van der Waals surface area contributed by atoms with Crippen LogP contribution < -0.4 is 16.0 Å². The number of piperidine rings is 1. The smallest absolute Gasteiger partial charge is 0.141 e. The molecule has 0 aromatic carbocycles. The Bertz CT molecular complexity index is 296. The van der Waals surface area contributed by atoms with Crippen LogP contribution >= 0.6 is 0 Å². The molecule has 0 aromatic heterocycles. The number of nitrogens with zero attached hydrogens (tertiary/aromatic N) is 1. The van der Waals surface area contributed by atoms with Gasteiger partial charge in [0.1, 0.15) is 5.79 Å². The van der Waals surface area contributed by atoms with E-state index in [4.69, 9.17) is 14.2 Å². The Hall–Kier alpha value is -0.280. The highest BCUT2D eigenvalue weighted by atomic mass is 16.5. The van der Waals surface area contributed by atoms with E-state index in [9.17, 15) is 0 Å². The fraction of sp³-hybridized carbons (Fsp3) is 1.00. The van der Waals surface area contributed by atoms with E-state index < -0.39 is 0 Å². The largest absolute Gasteiger partial charge is 0.385 e. The van der Waals surface area contributed by atoms with E-state index in [2.05, 4.69) is 27.9 Å². The van der Waals surface area contributed by atoms with Gasteiger partial charge in [0.15, 0.2) is 0 Å². The molecule has 1 aliphatic heterocycles. The maximum absolute atomic E-state index is 5.51. The van der Waals surface area contributed by atoms with Crippen LogP contribution in [0.15, 0.2) is 0 Å². The molecule has 2 atom stereocenters. The van der Waals surface area contributed by atoms with Crippen molar-refractivity contribution in [2.45, 2.75) is 38.0 Å². The van der Waals surface area contributed by atoms with Gasteiger partial charge in [-0.25, -0.2) is 0 Å². The summed E-state index contributed by atoms with van der Waals surface area (Å²) < 4.78 is 15.9. The minimum absolute atomic E-state index is 0.267. The van der Waals surface area contributed by atoms with Gasteiger partial charge in [0.05, 0.1) is 19.3 Å². The molecule has 0 aliphatic carbocycles. The number of hydrogen-bond donors (Lipinski definition) is 3. The molecule has 7 nitrogen and oxygen atoms in total. The van der Waals surface area contributed by atoms with Gasteiger partial charge >= 0.3 is 0 Å². The first-order chi connectivity index (χ1) is 11.7. The summed E-state index contributed by atoms with van der Waals surface area (Å²) >= 11 is 0. The summed E-state index contributed by atoms with van der Waals surface area (Å²) in [6, 6.07) is 0.315. The predicted octanol–water partition coefficient (Wildman–Crippen LogP) is 0.223. The van der Waals surface area contributed by atoms with Crippen LogP contribution in [0.2, 0.25) is 0 Å². The molecule has 2 unspecified atom stereocenters. The lowest BCUT2D eigenvalue weighted by Gasteiger charge is -2.52. The van der Waals surface area contributed by atoms with Gasteiger partial charge in [-0.1, -0.05) is 0 Å². The van der Waals surface area contributed by atoms with Crippen LogP contribution in [-0.4, -0.2) is 90.6 Å². The number of likely N-dealkylation sites (tertiary alicyclic amines) is 1. The Morgan fingerprint density at radius 2 is 1.79 bits per heavy atom. The van der Waals surface area contributed by atoms with Crippen LogP contribution in [0.5, 0.6) is 0 Å². The minimum Gasteiger partial charge on any atom is -0.385 e. The van der Waals surface area contributed by atoms with Crippen molar-refractivity contribution < 1.29 is 14.2 Å². The second-order valence-electron chi connectivity index (χ2n) is 6.23. The number of likely N-dealkylation sites (N-methyl/N-ethyl adjacent to an activating group) is 1. The Balaban J connectivity index is 2.72.